The fourth-order valence-electron chi connectivity index (χ4n) is 1.18. The maximum absolute atomic E-state index is 11.8. The van der Waals surface area contributed by atoms with Crippen LogP contribution in [0.25, 0.3) is 0 Å². The van der Waals surface area contributed by atoms with E-state index in [1.807, 2.05) is 0 Å². The molecule has 0 aliphatic carbocycles. The van der Waals surface area contributed by atoms with Crippen molar-refractivity contribution in [1.29, 1.82) is 0 Å². The summed E-state index contributed by atoms with van der Waals surface area (Å²) in [6, 6.07) is 3.20. The second-order valence-electron chi connectivity index (χ2n) is 3.25. The van der Waals surface area contributed by atoms with Gasteiger partial charge < -0.3 is 10.7 Å². The van der Waals surface area contributed by atoms with E-state index in [-0.39, 0.29) is 5.91 Å². The van der Waals surface area contributed by atoms with Gasteiger partial charge in [0.1, 0.15) is 10.4 Å². The lowest BCUT2D eigenvalue weighted by Crippen LogP contribution is -2.14. The third kappa shape index (κ3) is 2.99. The number of hydrogen-bond donors (Lipinski definition) is 3. The number of carbonyl (C=O) groups excluding carboxylic acids is 1. The number of anilines is 2. The molecule has 0 aromatic carbocycles. The molecule has 18 heavy (non-hydrogen) atoms. The van der Waals surface area contributed by atoms with E-state index in [4.69, 9.17) is 5.84 Å². The van der Waals surface area contributed by atoms with E-state index >= 15 is 0 Å². The molecule has 0 bridgehead atoms. The van der Waals surface area contributed by atoms with Crippen LogP contribution in [0.1, 0.15) is 10.4 Å². The van der Waals surface area contributed by atoms with Crippen LogP contribution < -0.4 is 16.6 Å². The van der Waals surface area contributed by atoms with Gasteiger partial charge in [-0.3, -0.25) is 4.79 Å². The molecule has 0 aliphatic rings. The Morgan fingerprint density at radius 1 is 1.11 bits per heavy atom. The number of amides is 1. The van der Waals surface area contributed by atoms with Crippen molar-refractivity contribution in [3.05, 3.63) is 40.9 Å². The molecule has 2 aromatic heterocycles. The summed E-state index contributed by atoms with van der Waals surface area (Å²) in [4.78, 5) is 23.7. The van der Waals surface area contributed by atoms with Crippen molar-refractivity contribution < 1.29 is 4.79 Å². The Balaban J connectivity index is 2.09. The second-order valence-corrected chi connectivity index (χ2v) is 4.07. The maximum atomic E-state index is 11.8. The van der Waals surface area contributed by atoms with Crippen molar-refractivity contribution in [2.45, 2.75) is 0 Å². The Kier molecular flexibility index (Phi) is 3.80. The van der Waals surface area contributed by atoms with Gasteiger partial charge in [-0.05, 0) is 28.1 Å². The molecular formula is C10H9BrN6O. The van der Waals surface area contributed by atoms with Crippen LogP contribution in [-0.2, 0) is 0 Å². The first kappa shape index (κ1) is 12.4. The lowest BCUT2D eigenvalue weighted by molar-refractivity contribution is 0.102. The van der Waals surface area contributed by atoms with Gasteiger partial charge in [0.2, 0.25) is 0 Å². The molecule has 4 N–H and O–H groups in total. The Bertz CT molecular complexity index is 541. The predicted molar refractivity (Wildman–Crippen MR) is 69.7 cm³/mol. The Morgan fingerprint density at radius 3 is 2.44 bits per heavy atom. The molecule has 8 heteroatoms. The van der Waals surface area contributed by atoms with Gasteiger partial charge in [-0.15, -0.1) is 0 Å². The molecular weight excluding hydrogens is 300 g/mol. The van der Waals surface area contributed by atoms with E-state index < -0.39 is 0 Å². The summed E-state index contributed by atoms with van der Waals surface area (Å²) in [5.74, 6) is 5.71. The highest BCUT2D eigenvalue weighted by Gasteiger charge is 2.07. The average Bonchev–Trinajstić information content (AvgIpc) is 2.41. The van der Waals surface area contributed by atoms with Crippen LogP contribution in [-0.4, -0.2) is 20.9 Å². The Labute approximate surface area is 111 Å². The molecule has 0 atom stereocenters. The Morgan fingerprint density at radius 2 is 1.89 bits per heavy atom. The fourth-order valence-corrected chi connectivity index (χ4v) is 1.38. The third-order valence-corrected chi connectivity index (χ3v) is 2.44. The topological polar surface area (TPSA) is 106 Å². The van der Waals surface area contributed by atoms with E-state index in [0.29, 0.717) is 21.8 Å². The summed E-state index contributed by atoms with van der Waals surface area (Å²) in [6.07, 6.45) is 4.36. The van der Waals surface area contributed by atoms with Crippen molar-refractivity contribution in [1.82, 2.24) is 15.0 Å². The number of pyridine rings is 1. The number of hydrazine groups is 1. The van der Waals surface area contributed by atoms with Gasteiger partial charge in [0.05, 0.1) is 18.0 Å². The number of nitrogen functional groups attached to an aromatic ring is 1. The zero-order valence-electron chi connectivity index (χ0n) is 9.09. The van der Waals surface area contributed by atoms with Crippen LogP contribution in [0.5, 0.6) is 0 Å². The lowest BCUT2D eigenvalue weighted by Gasteiger charge is -2.04. The molecule has 2 heterocycles. The molecule has 2 rings (SSSR count). The molecule has 0 saturated heterocycles. The molecule has 0 spiro atoms. The van der Waals surface area contributed by atoms with E-state index in [1.165, 1.54) is 18.6 Å². The molecule has 0 saturated carbocycles. The molecule has 92 valence electrons. The lowest BCUT2D eigenvalue weighted by atomic mass is 10.2. The van der Waals surface area contributed by atoms with Gasteiger partial charge in [0.25, 0.3) is 5.91 Å². The Hall–Kier alpha value is -2.06. The number of nitrogens with two attached hydrogens (primary N) is 1. The molecule has 0 aliphatic heterocycles. The monoisotopic (exact) mass is 308 g/mol. The maximum Gasteiger partial charge on any atom is 0.258 e. The van der Waals surface area contributed by atoms with E-state index in [2.05, 4.69) is 41.6 Å². The average molecular weight is 309 g/mol. The first-order valence-corrected chi connectivity index (χ1v) is 5.70. The van der Waals surface area contributed by atoms with Crippen molar-refractivity contribution >= 4 is 33.5 Å². The number of aromatic nitrogens is 3. The van der Waals surface area contributed by atoms with Crippen molar-refractivity contribution in [2.24, 2.45) is 5.84 Å². The van der Waals surface area contributed by atoms with Crippen LogP contribution in [0.15, 0.2) is 35.3 Å². The molecule has 0 unspecified atom stereocenters. The zero-order chi connectivity index (χ0) is 13.0. The fraction of sp³-hybridized carbons (Fsp3) is 0. The number of halogens is 1. The molecule has 7 nitrogen and oxygen atoms in total. The molecule has 0 radical (unpaired) electrons. The van der Waals surface area contributed by atoms with E-state index in [9.17, 15) is 4.79 Å². The normalized spacial score (nSPS) is 9.89. The van der Waals surface area contributed by atoms with Gasteiger partial charge >= 0.3 is 0 Å². The highest BCUT2D eigenvalue weighted by Crippen LogP contribution is 2.09. The predicted octanol–water partition coefficient (Wildman–Crippen LogP) is 1.17. The number of nitrogens with zero attached hydrogens (tertiary/aromatic N) is 3. The minimum Gasteiger partial charge on any atom is -0.308 e. The van der Waals surface area contributed by atoms with Crippen molar-refractivity contribution in [2.75, 3.05) is 10.7 Å². The van der Waals surface area contributed by atoms with Gasteiger partial charge in [-0.2, -0.15) is 0 Å². The first-order chi connectivity index (χ1) is 8.69. The van der Waals surface area contributed by atoms with Crippen LogP contribution in [0.3, 0.4) is 0 Å². The molecule has 1 amide bonds. The number of rotatable bonds is 3. The smallest absolute Gasteiger partial charge is 0.258 e. The zero-order valence-corrected chi connectivity index (χ0v) is 10.7. The van der Waals surface area contributed by atoms with Gasteiger partial charge in [-0.1, -0.05) is 0 Å². The number of nitrogens with one attached hydrogen (secondary N) is 2. The highest BCUT2D eigenvalue weighted by molar-refractivity contribution is 9.10. The van der Waals surface area contributed by atoms with Crippen LogP contribution in [0.4, 0.5) is 11.6 Å². The summed E-state index contributed by atoms with van der Waals surface area (Å²) in [5, 5.41) is 2.60. The van der Waals surface area contributed by atoms with E-state index in [1.54, 1.807) is 12.1 Å². The summed E-state index contributed by atoms with van der Waals surface area (Å²) in [7, 11) is 0. The first-order valence-electron chi connectivity index (χ1n) is 4.90. The van der Waals surface area contributed by atoms with Gasteiger partial charge in [-0.25, -0.2) is 20.8 Å². The number of carbonyl (C=O) groups is 1. The summed E-state index contributed by atoms with van der Waals surface area (Å²) in [6.45, 7) is 0. The van der Waals surface area contributed by atoms with Crippen LogP contribution >= 0.6 is 15.9 Å². The number of hydrogen-bond acceptors (Lipinski definition) is 6. The van der Waals surface area contributed by atoms with Crippen molar-refractivity contribution in [3.8, 4) is 0 Å². The van der Waals surface area contributed by atoms with Crippen LogP contribution in [0, 0.1) is 0 Å². The minimum atomic E-state index is -0.317. The highest BCUT2D eigenvalue weighted by atomic mass is 79.9. The quantitative estimate of drug-likeness (QED) is 0.580. The minimum absolute atomic E-state index is 0.317. The second kappa shape index (κ2) is 5.52. The third-order valence-electron chi connectivity index (χ3n) is 2.04. The van der Waals surface area contributed by atoms with Crippen molar-refractivity contribution in [3.63, 3.8) is 0 Å². The van der Waals surface area contributed by atoms with Gasteiger partial charge in [0.15, 0.2) is 5.82 Å². The summed E-state index contributed by atoms with van der Waals surface area (Å²) < 4.78 is 0.598. The van der Waals surface area contributed by atoms with Gasteiger partial charge in [0, 0.05) is 6.20 Å². The largest absolute Gasteiger partial charge is 0.308 e. The summed E-state index contributed by atoms with van der Waals surface area (Å²) in [5.41, 5.74) is 2.78. The van der Waals surface area contributed by atoms with Crippen LogP contribution in [0.2, 0.25) is 0 Å². The van der Waals surface area contributed by atoms with E-state index in [0.717, 1.165) is 0 Å². The SMILES string of the molecule is NNc1ccc(C(=O)Nc2cnc(Br)cn2)cn1. The standard InChI is InChI=1S/C10H9BrN6O/c11-7-4-15-9(5-13-7)16-10(18)6-1-2-8(17-12)14-3-6/h1-5H,12H2,(H,14,17)(H,15,16,18). The molecule has 0 fully saturated rings. The molecule has 2 aromatic rings. The summed E-state index contributed by atoms with van der Waals surface area (Å²) >= 11 is 3.16.